The van der Waals surface area contributed by atoms with Gasteiger partial charge >= 0.3 is 5.69 Å². The van der Waals surface area contributed by atoms with E-state index in [1.807, 2.05) is 12.1 Å². The molecular formula is C17H18N4O5. The number of methoxy groups -OCH3 is 1. The molecule has 0 aliphatic carbocycles. The van der Waals surface area contributed by atoms with Crippen LogP contribution in [0.2, 0.25) is 0 Å². The molecule has 136 valence electrons. The molecule has 0 bridgehead atoms. The molecule has 1 aromatic heterocycles. The average Bonchev–Trinajstić information content (AvgIpc) is 3.05. The van der Waals surface area contributed by atoms with E-state index < -0.39 is 23.2 Å². The molecule has 0 radical (unpaired) electrons. The Bertz CT molecular complexity index is 1000. The van der Waals surface area contributed by atoms with Crippen molar-refractivity contribution < 1.29 is 14.6 Å². The van der Waals surface area contributed by atoms with Crippen LogP contribution in [0.15, 0.2) is 39.0 Å². The van der Waals surface area contributed by atoms with Gasteiger partial charge in [0.25, 0.3) is 5.56 Å². The third-order valence-corrected chi connectivity index (χ3v) is 4.32. The van der Waals surface area contributed by atoms with Gasteiger partial charge in [-0.2, -0.15) is 5.10 Å². The molecule has 0 spiro atoms. The van der Waals surface area contributed by atoms with Crippen LogP contribution in [0.5, 0.6) is 11.6 Å². The molecule has 0 fully saturated rings. The van der Waals surface area contributed by atoms with E-state index in [-0.39, 0.29) is 23.6 Å². The van der Waals surface area contributed by atoms with Crippen LogP contribution in [0.3, 0.4) is 0 Å². The molecule has 9 heteroatoms. The number of amides is 1. The van der Waals surface area contributed by atoms with E-state index in [4.69, 9.17) is 4.74 Å². The average molecular weight is 358 g/mol. The maximum Gasteiger partial charge on any atom is 0.330 e. The zero-order valence-electron chi connectivity index (χ0n) is 14.5. The van der Waals surface area contributed by atoms with Crippen molar-refractivity contribution in [2.45, 2.75) is 19.4 Å². The fourth-order valence-electron chi connectivity index (χ4n) is 2.91. The number of aromatic nitrogens is 2. The van der Waals surface area contributed by atoms with Gasteiger partial charge in [-0.3, -0.25) is 19.1 Å². The van der Waals surface area contributed by atoms with Crippen LogP contribution in [0.25, 0.3) is 0 Å². The van der Waals surface area contributed by atoms with Gasteiger partial charge in [0.05, 0.1) is 18.9 Å². The summed E-state index contributed by atoms with van der Waals surface area (Å²) in [7, 11) is 2.89. The van der Waals surface area contributed by atoms with Crippen LogP contribution in [0, 0.1) is 0 Å². The summed E-state index contributed by atoms with van der Waals surface area (Å²) in [5.41, 5.74) is -0.557. The highest BCUT2D eigenvalue weighted by molar-refractivity contribution is 6.04. The topological polar surface area (TPSA) is 117 Å². The molecule has 1 aliphatic rings. The molecule has 2 N–H and O–H groups in total. The van der Waals surface area contributed by atoms with E-state index in [1.165, 1.54) is 19.0 Å². The predicted molar refractivity (Wildman–Crippen MR) is 93.4 cm³/mol. The van der Waals surface area contributed by atoms with Crippen molar-refractivity contribution in [1.82, 2.24) is 14.6 Å². The zero-order chi connectivity index (χ0) is 19.0. The number of hydrazone groups is 1. The van der Waals surface area contributed by atoms with Gasteiger partial charge in [-0.25, -0.2) is 9.80 Å². The summed E-state index contributed by atoms with van der Waals surface area (Å²) in [6, 6.07) is 6.72. The third kappa shape index (κ3) is 2.87. The number of nitrogens with one attached hydrogen (secondary N) is 1. The summed E-state index contributed by atoms with van der Waals surface area (Å²) in [4.78, 5) is 37.9. The monoisotopic (exact) mass is 358 g/mol. The molecule has 2 aromatic rings. The fraction of sp³-hybridized carbons (Fsp3) is 0.294. The molecule has 0 unspecified atom stereocenters. The van der Waals surface area contributed by atoms with Gasteiger partial charge in [0.15, 0.2) is 0 Å². The Hall–Kier alpha value is -3.36. The number of aromatic amines is 1. The fourth-order valence-corrected chi connectivity index (χ4v) is 2.91. The maximum absolute atomic E-state index is 12.2. The summed E-state index contributed by atoms with van der Waals surface area (Å²) in [6.45, 7) is 1.37. The lowest BCUT2D eigenvalue weighted by Crippen LogP contribution is -2.32. The minimum Gasteiger partial charge on any atom is -0.497 e. The Morgan fingerprint density at radius 3 is 2.54 bits per heavy atom. The first-order valence-electron chi connectivity index (χ1n) is 7.87. The first kappa shape index (κ1) is 17.5. The first-order chi connectivity index (χ1) is 12.3. The van der Waals surface area contributed by atoms with Gasteiger partial charge in [0, 0.05) is 20.4 Å². The highest BCUT2D eigenvalue weighted by Crippen LogP contribution is 2.34. The SMILES string of the molecule is COc1ccc([C@@H]2CC(c3c(O)n(C)c(=O)[nH]c3=O)=NN2C(C)=O)cc1. The number of ether oxygens (including phenoxy) is 1. The van der Waals surface area contributed by atoms with Crippen LogP contribution >= 0.6 is 0 Å². The Kier molecular flexibility index (Phi) is 4.37. The van der Waals surface area contributed by atoms with Gasteiger partial charge in [0.2, 0.25) is 11.8 Å². The lowest BCUT2D eigenvalue weighted by atomic mass is 9.99. The van der Waals surface area contributed by atoms with Crippen LogP contribution in [-0.2, 0) is 11.8 Å². The van der Waals surface area contributed by atoms with Crippen molar-refractivity contribution in [2.75, 3.05) is 7.11 Å². The van der Waals surface area contributed by atoms with Gasteiger partial charge < -0.3 is 9.84 Å². The molecule has 26 heavy (non-hydrogen) atoms. The van der Waals surface area contributed by atoms with Gasteiger partial charge in [-0.15, -0.1) is 0 Å². The van der Waals surface area contributed by atoms with Crippen LogP contribution in [0.1, 0.15) is 30.5 Å². The van der Waals surface area contributed by atoms with Crippen molar-refractivity contribution in [3.05, 3.63) is 56.2 Å². The largest absolute Gasteiger partial charge is 0.497 e. The van der Waals surface area contributed by atoms with Crippen LogP contribution < -0.4 is 16.0 Å². The molecule has 2 heterocycles. The minimum atomic E-state index is -0.747. The van der Waals surface area contributed by atoms with Gasteiger partial charge in [0.1, 0.15) is 11.3 Å². The number of aromatic hydroxyl groups is 1. The van der Waals surface area contributed by atoms with E-state index in [0.29, 0.717) is 5.75 Å². The third-order valence-electron chi connectivity index (χ3n) is 4.32. The Balaban J connectivity index is 2.05. The molecule has 0 saturated carbocycles. The van der Waals surface area contributed by atoms with E-state index in [9.17, 15) is 19.5 Å². The summed E-state index contributed by atoms with van der Waals surface area (Å²) in [5, 5.41) is 15.7. The summed E-state index contributed by atoms with van der Waals surface area (Å²) < 4.78 is 6.05. The number of H-pyrrole nitrogens is 1. The number of hydrogen-bond acceptors (Lipinski definition) is 6. The standard InChI is InChI=1S/C17H18N4O5/c1-9(22)21-13(10-4-6-11(26-3)7-5-10)8-12(19-21)14-15(23)18-17(25)20(2)16(14)24/h4-7,13,24H,8H2,1-3H3,(H,18,23,25)/t13-/m0/s1. The molecule has 1 aliphatic heterocycles. The number of hydrogen-bond donors (Lipinski definition) is 2. The lowest BCUT2D eigenvalue weighted by Gasteiger charge is -2.20. The highest BCUT2D eigenvalue weighted by Gasteiger charge is 2.34. The van der Waals surface area contributed by atoms with E-state index >= 15 is 0 Å². The smallest absolute Gasteiger partial charge is 0.330 e. The molecule has 0 saturated heterocycles. The number of carbonyl (C=O) groups excluding carboxylic acids is 1. The summed E-state index contributed by atoms with van der Waals surface area (Å²) in [6.07, 6.45) is 0.223. The normalized spacial score (nSPS) is 16.5. The molecular weight excluding hydrogens is 340 g/mol. The lowest BCUT2D eigenvalue weighted by molar-refractivity contribution is -0.130. The van der Waals surface area contributed by atoms with Crippen LogP contribution in [0.4, 0.5) is 0 Å². The Labute approximate surface area is 148 Å². The summed E-state index contributed by atoms with van der Waals surface area (Å²) in [5.74, 6) is -0.118. The second kappa shape index (κ2) is 6.51. The minimum absolute atomic E-state index is 0.116. The second-order valence-corrected chi connectivity index (χ2v) is 5.92. The molecule has 3 rings (SSSR count). The highest BCUT2D eigenvalue weighted by atomic mass is 16.5. The number of rotatable bonds is 3. The van der Waals surface area contributed by atoms with E-state index in [2.05, 4.69) is 10.1 Å². The first-order valence-corrected chi connectivity index (χ1v) is 7.87. The summed E-state index contributed by atoms with van der Waals surface area (Å²) >= 11 is 0. The number of nitrogens with zero attached hydrogens (tertiary/aromatic N) is 3. The Morgan fingerprint density at radius 2 is 1.96 bits per heavy atom. The molecule has 1 aromatic carbocycles. The van der Waals surface area contributed by atoms with Crippen LogP contribution in [-0.4, -0.2) is 38.4 Å². The Morgan fingerprint density at radius 1 is 1.31 bits per heavy atom. The zero-order valence-corrected chi connectivity index (χ0v) is 14.5. The van der Waals surface area contributed by atoms with Crippen molar-refractivity contribution in [3.63, 3.8) is 0 Å². The molecule has 1 atom stereocenters. The van der Waals surface area contributed by atoms with Crippen molar-refractivity contribution >= 4 is 11.6 Å². The quantitative estimate of drug-likeness (QED) is 0.828. The molecule has 1 amide bonds. The van der Waals surface area contributed by atoms with E-state index in [1.54, 1.807) is 19.2 Å². The van der Waals surface area contributed by atoms with E-state index in [0.717, 1.165) is 10.1 Å². The van der Waals surface area contributed by atoms with Gasteiger partial charge in [-0.1, -0.05) is 12.1 Å². The maximum atomic E-state index is 12.2. The van der Waals surface area contributed by atoms with Crippen molar-refractivity contribution in [2.24, 2.45) is 12.1 Å². The number of carbonyl (C=O) groups is 1. The van der Waals surface area contributed by atoms with Crippen molar-refractivity contribution in [3.8, 4) is 11.6 Å². The molecule has 9 nitrogen and oxygen atoms in total. The number of benzene rings is 1. The van der Waals surface area contributed by atoms with Gasteiger partial charge in [-0.05, 0) is 17.7 Å². The van der Waals surface area contributed by atoms with Crippen molar-refractivity contribution in [1.29, 1.82) is 0 Å². The second-order valence-electron chi connectivity index (χ2n) is 5.92. The predicted octanol–water partition coefficient (Wildman–Crippen LogP) is 0.485.